The third-order valence-electron chi connectivity index (χ3n) is 5.28. The molecule has 0 aliphatic carbocycles. The Kier molecular flexibility index (Phi) is 5.40. The van der Waals surface area contributed by atoms with Crippen LogP contribution in [0, 0.1) is 0 Å². The monoisotopic (exact) mass is 371 g/mol. The lowest BCUT2D eigenvalue weighted by molar-refractivity contribution is 0.103. The van der Waals surface area contributed by atoms with E-state index in [1.807, 2.05) is 66.7 Å². The lowest BCUT2D eigenvalue weighted by Crippen LogP contribution is -2.33. The first-order valence-corrected chi connectivity index (χ1v) is 9.83. The molecule has 28 heavy (non-hydrogen) atoms. The highest BCUT2D eigenvalue weighted by Gasteiger charge is 2.17. The van der Waals surface area contributed by atoms with Gasteiger partial charge in [0.25, 0.3) is 0 Å². The molecule has 3 aromatic rings. The minimum Gasteiger partial charge on any atom is -0.370 e. The van der Waals surface area contributed by atoms with Crippen LogP contribution in [-0.4, -0.2) is 18.9 Å². The van der Waals surface area contributed by atoms with Gasteiger partial charge in [0.15, 0.2) is 5.78 Å². The highest BCUT2D eigenvalue weighted by molar-refractivity contribution is 6.09. The Balaban J connectivity index is 1.57. The lowest BCUT2D eigenvalue weighted by atomic mass is 10.0. The second-order valence-corrected chi connectivity index (χ2v) is 7.15. The minimum absolute atomic E-state index is 0.0180. The van der Waals surface area contributed by atoms with Gasteiger partial charge in [0.1, 0.15) is 0 Å². The predicted octanol–water partition coefficient (Wildman–Crippen LogP) is 4.92. The molecule has 0 radical (unpaired) electrons. The number of hydrazine groups is 1. The van der Waals surface area contributed by atoms with Crippen molar-refractivity contribution in [3.63, 3.8) is 0 Å². The zero-order valence-corrected chi connectivity index (χ0v) is 15.9. The maximum absolute atomic E-state index is 12.6. The molecular formula is C24H25N3O. The first-order chi connectivity index (χ1) is 13.7. The fourth-order valence-electron chi connectivity index (χ4n) is 3.74. The first kappa shape index (κ1) is 18.3. The van der Waals surface area contributed by atoms with Crippen LogP contribution in [0.15, 0.2) is 78.9 Å². The summed E-state index contributed by atoms with van der Waals surface area (Å²) >= 11 is 0. The average molecular weight is 371 g/mol. The summed E-state index contributed by atoms with van der Waals surface area (Å²) in [5.41, 5.74) is 4.35. The summed E-state index contributed by atoms with van der Waals surface area (Å²) < 4.78 is 0. The van der Waals surface area contributed by atoms with Crippen LogP contribution in [0.1, 0.15) is 35.2 Å². The predicted molar refractivity (Wildman–Crippen MR) is 115 cm³/mol. The third kappa shape index (κ3) is 3.78. The summed E-state index contributed by atoms with van der Waals surface area (Å²) in [5.74, 6) is 6.50. The summed E-state index contributed by atoms with van der Waals surface area (Å²) in [5, 5.41) is 1.71. The molecule has 4 heteroatoms. The van der Waals surface area contributed by atoms with E-state index in [9.17, 15) is 4.79 Å². The van der Waals surface area contributed by atoms with Gasteiger partial charge in [-0.25, -0.2) is 5.84 Å². The number of nitrogens with two attached hydrogens (primary N) is 1. The molecule has 1 heterocycles. The summed E-state index contributed by atoms with van der Waals surface area (Å²) in [6.45, 7) is 2.13. The smallest absolute Gasteiger partial charge is 0.193 e. The van der Waals surface area contributed by atoms with Crippen molar-refractivity contribution in [1.29, 1.82) is 0 Å². The maximum atomic E-state index is 12.6. The molecule has 4 nitrogen and oxygen atoms in total. The summed E-state index contributed by atoms with van der Waals surface area (Å²) in [6, 6.07) is 25.1. The molecule has 0 aromatic heterocycles. The van der Waals surface area contributed by atoms with Crippen LogP contribution in [0.3, 0.4) is 0 Å². The normalized spacial score (nSPS) is 14.0. The van der Waals surface area contributed by atoms with Gasteiger partial charge >= 0.3 is 0 Å². The second kappa shape index (κ2) is 8.28. The van der Waals surface area contributed by atoms with Crippen LogP contribution in [0.25, 0.3) is 0 Å². The molecule has 1 aliphatic heterocycles. The number of para-hydroxylation sites is 2. The van der Waals surface area contributed by atoms with Gasteiger partial charge in [-0.15, -0.1) is 0 Å². The minimum atomic E-state index is 0.0180. The van der Waals surface area contributed by atoms with Crippen molar-refractivity contribution in [3.8, 4) is 0 Å². The Morgan fingerprint density at radius 1 is 0.750 bits per heavy atom. The Hall–Kier alpha value is -3.11. The van der Waals surface area contributed by atoms with Crippen LogP contribution in [0.2, 0.25) is 0 Å². The van der Waals surface area contributed by atoms with Crippen LogP contribution in [0.4, 0.5) is 17.1 Å². The van der Waals surface area contributed by atoms with Crippen molar-refractivity contribution >= 4 is 22.8 Å². The van der Waals surface area contributed by atoms with Gasteiger partial charge in [-0.1, -0.05) is 42.5 Å². The van der Waals surface area contributed by atoms with Crippen molar-refractivity contribution in [2.24, 2.45) is 5.84 Å². The van der Waals surface area contributed by atoms with Crippen molar-refractivity contribution < 1.29 is 4.79 Å². The van der Waals surface area contributed by atoms with E-state index in [1.165, 1.54) is 19.3 Å². The number of carbonyl (C=O) groups is 1. The molecule has 2 N–H and O–H groups in total. The summed E-state index contributed by atoms with van der Waals surface area (Å²) in [6.07, 6.45) is 3.73. The molecular weight excluding hydrogens is 346 g/mol. The molecule has 3 aromatic carbocycles. The third-order valence-corrected chi connectivity index (χ3v) is 5.28. The van der Waals surface area contributed by atoms with Gasteiger partial charge < -0.3 is 4.90 Å². The standard InChI is InChI=1S/C24H25N3O/c25-27(23-12-6-5-11-22(23)26-17-7-2-8-18-26)21-15-13-20(14-16-21)24(28)19-9-3-1-4-10-19/h1,3-6,9-16H,2,7-8,17-18,25H2. The van der Waals surface area contributed by atoms with E-state index in [-0.39, 0.29) is 5.78 Å². The topological polar surface area (TPSA) is 49.6 Å². The molecule has 1 fully saturated rings. The average Bonchev–Trinajstić information content (AvgIpc) is 2.79. The van der Waals surface area contributed by atoms with Gasteiger partial charge in [-0.05, 0) is 55.7 Å². The van der Waals surface area contributed by atoms with Gasteiger partial charge in [-0.2, -0.15) is 0 Å². The van der Waals surface area contributed by atoms with Crippen molar-refractivity contribution in [3.05, 3.63) is 90.0 Å². The van der Waals surface area contributed by atoms with Crippen molar-refractivity contribution in [1.82, 2.24) is 0 Å². The van der Waals surface area contributed by atoms with E-state index in [2.05, 4.69) is 17.0 Å². The number of ketones is 1. The molecule has 0 saturated carbocycles. The number of rotatable bonds is 5. The van der Waals surface area contributed by atoms with Gasteiger partial charge in [0, 0.05) is 24.2 Å². The number of hydrogen-bond donors (Lipinski definition) is 1. The van der Waals surface area contributed by atoms with Crippen LogP contribution < -0.4 is 15.8 Å². The molecule has 0 unspecified atom stereocenters. The van der Waals surface area contributed by atoms with Crippen LogP contribution in [0.5, 0.6) is 0 Å². The number of nitrogens with zero attached hydrogens (tertiary/aromatic N) is 2. The zero-order chi connectivity index (χ0) is 19.3. The number of benzene rings is 3. The number of anilines is 3. The maximum Gasteiger partial charge on any atom is 0.193 e. The van der Waals surface area contributed by atoms with E-state index in [4.69, 9.17) is 5.84 Å². The Morgan fingerprint density at radius 3 is 2.07 bits per heavy atom. The largest absolute Gasteiger partial charge is 0.370 e. The molecule has 4 rings (SSSR count). The van der Waals surface area contributed by atoms with E-state index in [1.54, 1.807) is 5.01 Å². The van der Waals surface area contributed by atoms with E-state index in [0.29, 0.717) is 11.1 Å². The number of carbonyl (C=O) groups excluding carboxylic acids is 1. The number of piperidine rings is 1. The molecule has 1 aliphatic rings. The molecule has 0 atom stereocenters. The highest BCUT2D eigenvalue weighted by Crippen LogP contribution is 2.33. The Morgan fingerprint density at radius 2 is 1.36 bits per heavy atom. The van der Waals surface area contributed by atoms with Crippen LogP contribution in [-0.2, 0) is 0 Å². The molecule has 0 bridgehead atoms. The molecule has 0 spiro atoms. The Labute approximate surface area is 166 Å². The molecule has 0 amide bonds. The zero-order valence-electron chi connectivity index (χ0n) is 15.9. The SMILES string of the molecule is NN(c1ccc(C(=O)c2ccccc2)cc1)c1ccccc1N1CCCCC1. The Bertz CT molecular complexity index is 932. The number of hydrogen-bond acceptors (Lipinski definition) is 4. The van der Waals surface area contributed by atoms with Crippen LogP contribution >= 0.6 is 0 Å². The quantitative estimate of drug-likeness (QED) is 0.393. The highest BCUT2D eigenvalue weighted by atomic mass is 16.1. The van der Waals surface area contributed by atoms with Gasteiger partial charge in [0.2, 0.25) is 0 Å². The van der Waals surface area contributed by atoms with Crippen molar-refractivity contribution in [2.75, 3.05) is 23.0 Å². The van der Waals surface area contributed by atoms with E-state index in [0.717, 1.165) is 30.2 Å². The van der Waals surface area contributed by atoms with E-state index < -0.39 is 0 Å². The first-order valence-electron chi connectivity index (χ1n) is 9.83. The van der Waals surface area contributed by atoms with Gasteiger partial charge in [-0.3, -0.25) is 9.80 Å². The fourth-order valence-corrected chi connectivity index (χ4v) is 3.74. The van der Waals surface area contributed by atoms with Crippen molar-refractivity contribution in [2.45, 2.75) is 19.3 Å². The fraction of sp³-hybridized carbons (Fsp3) is 0.208. The van der Waals surface area contributed by atoms with E-state index >= 15 is 0 Å². The second-order valence-electron chi connectivity index (χ2n) is 7.15. The summed E-state index contributed by atoms with van der Waals surface area (Å²) in [4.78, 5) is 15.0. The molecule has 142 valence electrons. The molecule has 1 saturated heterocycles. The summed E-state index contributed by atoms with van der Waals surface area (Å²) in [7, 11) is 0. The lowest BCUT2D eigenvalue weighted by Gasteiger charge is -2.32. The van der Waals surface area contributed by atoms with Gasteiger partial charge in [0.05, 0.1) is 17.1 Å².